The molecule has 0 fully saturated rings. The number of carbonyl (C=O) groups is 2. The summed E-state index contributed by atoms with van der Waals surface area (Å²) in [4.78, 5) is 27.1. The van der Waals surface area contributed by atoms with Crippen LogP contribution in [0.3, 0.4) is 0 Å². The Bertz CT molecular complexity index is 786. The van der Waals surface area contributed by atoms with Gasteiger partial charge in [0.05, 0.1) is 0 Å². The van der Waals surface area contributed by atoms with Crippen molar-refractivity contribution in [3.8, 4) is 5.75 Å². The van der Waals surface area contributed by atoms with Gasteiger partial charge < -0.3 is 15.0 Å². The Morgan fingerprint density at radius 2 is 1.68 bits per heavy atom. The number of nitrogens with one attached hydrogen (secondary N) is 1. The Labute approximate surface area is 171 Å². The summed E-state index contributed by atoms with van der Waals surface area (Å²) in [6.45, 7) is 7.57. The van der Waals surface area contributed by atoms with Crippen molar-refractivity contribution in [2.24, 2.45) is 0 Å². The molecule has 0 unspecified atom stereocenters. The molecule has 0 aromatic heterocycles. The molecule has 0 heterocycles. The van der Waals surface area contributed by atoms with E-state index < -0.39 is 6.04 Å². The number of carbonyl (C=O) groups excluding carboxylic acids is 2. The summed E-state index contributed by atoms with van der Waals surface area (Å²) in [6.07, 6.45) is 0. The molecule has 1 N–H and O–H groups in total. The van der Waals surface area contributed by atoms with E-state index in [1.165, 1.54) is 4.90 Å². The lowest BCUT2D eigenvalue weighted by molar-refractivity contribution is -0.142. The first kappa shape index (κ1) is 21.8. The van der Waals surface area contributed by atoms with E-state index in [9.17, 15) is 9.59 Å². The number of amides is 2. The van der Waals surface area contributed by atoms with Crippen molar-refractivity contribution in [1.82, 2.24) is 10.2 Å². The summed E-state index contributed by atoms with van der Waals surface area (Å²) in [6, 6.07) is 15.7. The van der Waals surface area contributed by atoms with E-state index in [2.05, 4.69) is 5.32 Å². The smallest absolute Gasteiger partial charge is 0.261 e. The van der Waals surface area contributed by atoms with Crippen LogP contribution in [-0.4, -0.2) is 34.9 Å². The Hall–Kier alpha value is -2.53. The van der Waals surface area contributed by atoms with Gasteiger partial charge in [-0.3, -0.25) is 9.59 Å². The van der Waals surface area contributed by atoms with E-state index in [1.54, 1.807) is 31.2 Å². The largest absolute Gasteiger partial charge is 0.484 e. The monoisotopic (exact) mass is 402 g/mol. The third-order valence-corrected chi connectivity index (χ3v) is 4.29. The highest BCUT2D eigenvalue weighted by atomic mass is 35.5. The summed E-state index contributed by atoms with van der Waals surface area (Å²) in [5.41, 5.74) is 0.494. The van der Waals surface area contributed by atoms with Crippen LogP contribution in [0, 0.1) is 0 Å². The van der Waals surface area contributed by atoms with Crippen molar-refractivity contribution < 1.29 is 14.3 Å². The predicted octanol–water partition coefficient (Wildman–Crippen LogP) is 4.05. The third-order valence-electron chi connectivity index (χ3n) is 4.04. The van der Waals surface area contributed by atoms with Crippen LogP contribution in [0.2, 0.25) is 5.02 Å². The molecule has 0 bridgehead atoms. The molecule has 28 heavy (non-hydrogen) atoms. The van der Waals surface area contributed by atoms with Gasteiger partial charge in [0, 0.05) is 17.1 Å². The number of ether oxygens (including phenoxy) is 1. The third kappa shape index (κ3) is 6.89. The highest BCUT2D eigenvalue weighted by Gasteiger charge is 2.28. The number of benzene rings is 2. The molecular formula is C22H27ClN2O3. The van der Waals surface area contributed by atoms with Crippen LogP contribution in [0.5, 0.6) is 5.75 Å². The number of nitrogens with zero attached hydrogens (tertiary/aromatic N) is 1. The van der Waals surface area contributed by atoms with Crippen LogP contribution in [0.15, 0.2) is 54.6 Å². The molecule has 0 aliphatic rings. The van der Waals surface area contributed by atoms with Crippen LogP contribution in [0.4, 0.5) is 0 Å². The SMILES string of the molecule is C[C@@H](C(=O)NC(C)(C)C)N(Cc1ccc(Cl)cc1)C(=O)COc1ccccc1. The van der Waals surface area contributed by atoms with E-state index in [0.29, 0.717) is 10.8 Å². The Kier molecular flexibility index (Phi) is 7.46. The fourth-order valence-electron chi connectivity index (χ4n) is 2.59. The summed E-state index contributed by atoms with van der Waals surface area (Å²) in [5, 5.41) is 3.55. The van der Waals surface area contributed by atoms with Gasteiger partial charge in [0.15, 0.2) is 6.61 Å². The molecule has 2 amide bonds. The number of hydrogen-bond acceptors (Lipinski definition) is 3. The minimum absolute atomic E-state index is 0.148. The summed E-state index contributed by atoms with van der Waals surface area (Å²) in [7, 11) is 0. The molecule has 2 rings (SSSR count). The van der Waals surface area contributed by atoms with Crippen LogP contribution < -0.4 is 10.1 Å². The molecule has 0 saturated heterocycles. The van der Waals surface area contributed by atoms with Crippen molar-refractivity contribution in [2.45, 2.75) is 45.8 Å². The molecule has 5 nitrogen and oxygen atoms in total. The molecular weight excluding hydrogens is 376 g/mol. The number of hydrogen-bond donors (Lipinski definition) is 1. The van der Waals surface area contributed by atoms with Gasteiger partial charge in [-0.2, -0.15) is 0 Å². The minimum atomic E-state index is -0.651. The first-order chi connectivity index (χ1) is 13.2. The lowest BCUT2D eigenvalue weighted by atomic mass is 10.1. The zero-order chi connectivity index (χ0) is 20.7. The molecule has 1 atom stereocenters. The van der Waals surface area contributed by atoms with Gasteiger partial charge in [0.1, 0.15) is 11.8 Å². The normalized spacial score (nSPS) is 12.2. The molecule has 2 aromatic carbocycles. The summed E-state index contributed by atoms with van der Waals surface area (Å²) in [5.74, 6) is 0.124. The maximum Gasteiger partial charge on any atom is 0.261 e. The van der Waals surface area contributed by atoms with E-state index in [4.69, 9.17) is 16.3 Å². The van der Waals surface area contributed by atoms with E-state index in [0.717, 1.165) is 5.56 Å². The van der Waals surface area contributed by atoms with Crippen molar-refractivity contribution in [3.63, 3.8) is 0 Å². The molecule has 0 radical (unpaired) electrons. The molecule has 0 saturated carbocycles. The molecule has 6 heteroatoms. The standard InChI is InChI=1S/C22H27ClN2O3/c1-16(21(27)24-22(2,3)4)25(14-17-10-12-18(23)13-11-17)20(26)15-28-19-8-6-5-7-9-19/h5-13,16H,14-15H2,1-4H3,(H,24,27)/t16-/m0/s1. The Morgan fingerprint density at radius 3 is 2.25 bits per heavy atom. The average molecular weight is 403 g/mol. The van der Waals surface area contributed by atoms with Crippen LogP contribution in [0.1, 0.15) is 33.3 Å². The quantitative estimate of drug-likeness (QED) is 0.760. The van der Waals surface area contributed by atoms with Gasteiger partial charge >= 0.3 is 0 Å². The molecule has 0 aliphatic carbocycles. The molecule has 0 spiro atoms. The minimum Gasteiger partial charge on any atom is -0.484 e. The van der Waals surface area contributed by atoms with Crippen LogP contribution in [-0.2, 0) is 16.1 Å². The first-order valence-corrected chi connectivity index (χ1v) is 9.57. The van der Waals surface area contributed by atoms with Gasteiger partial charge in [0.25, 0.3) is 5.91 Å². The topological polar surface area (TPSA) is 58.6 Å². The Balaban J connectivity index is 2.15. The average Bonchev–Trinajstić information content (AvgIpc) is 2.64. The van der Waals surface area contributed by atoms with Gasteiger partial charge in [-0.15, -0.1) is 0 Å². The van der Waals surface area contributed by atoms with E-state index in [-0.39, 0.29) is 30.5 Å². The number of para-hydroxylation sites is 1. The highest BCUT2D eigenvalue weighted by molar-refractivity contribution is 6.30. The summed E-state index contributed by atoms with van der Waals surface area (Å²) >= 11 is 5.95. The van der Waals surface area contributed by atoms with Crippen molar-refractivity contribution >= 4 is 23.4 Å². The van der Waals surface area contributed by atoms with Gasteiger partial charge in [0.2, 0.25) is 5.91 Å². The van der Waals surface area contributed by atoms with Gasteiger partial charge in [-0.1, -0.05) is 41.9 Å². The summed E-state index contributed by atoms with van der Waals surface area (Å²) < 4.78 is 5.59. The fourth-order valence-corrected chi connectivity index (χ4v) is 2.71. The zero-order valence-electron chi connectivity index (χ0n) is 16.7. The van der Waals surface area contributed by atoms with Crippen molar-refractivity contribution in [3.05, 3.63) is 65.2 Å². The number of rotatable bonds is 7. The fraction of sp³-hybridized carbons (Fsp3) is 0.364. The van der Waals surface area contributed by atoms with Crippen molar-refractivity contribution in [1.29, 1.82) is 0 Å². The molecule has 0 aliphatic heterocycles. The second kappa shape index (κ2) is 9.60. The van der Waals surface area contributed by atoms with Gasteiger partial charge in [-0.05, 0) is 57.5 Å². The second-order valence-electron chi connectivity index (χ2n) is 7.67. The zero-order valence-corrected chi connectivity index (χ0v) is 17.5. The van der Waals surface area contributed by atoms with E-state index >= 15 is 0 Å². The Morgan fingerprint density at radius 1 is 1.07 bits per heavy atom. The second-order valence-corrected chi connectivity index (χ2v) is 8.10. The van der Waals surface area contributed by atoms with Crippen LogP contribution in [0.25, 0.3) is 0 Å². The maximum absolute atomic E-state index is 12.9. The highest BCUT2D eigenvalue weighted by Crippen LogP contribution is 2.15. The molecule has 2 aromatic rings. The maximum atomic E-state index is 12.9. The molecule has 150 valence electrons. The predicted molar refractivity (Wildman–Crippen MR) is 111 cm³/mol. The van der Waals surface area contributed by atoms with Gasteiger partial charge in [-0.25, -0.2) is 0 Å². The number of halogens is 1. The van der Waals surface area contributed by atoms with Crippen molar-refractivity contribution in [2.75, 3.05) is 6.61 Å². The lowest BCUT2D eigenvalue weighted by Crippen LogP contribution is -2.53. The lowest BCUT2D eigenvalue weighted by Gasteiger charge is -2.31. The first-order valence-electron chi connectivity index (χ1n) is 9.19. The van der Waals surface area contributed by atoms with Crippen LogP contribution >= 0.6 is 11.6 Å². The van der Waals surface area contributed by atoms with E-state index in [1.807, 2.05) is 51.1 Å².